The Morgan fingerprint density at radius 2 is 1.50 bits per heavy atom. The van der Waals surface area contributed by atoms with Crippen LogP contribution < -0.4 is 5.73 Å². The molecular formula is C6H13Cl2NO3. The molecule has 0 heterocycles. The fourth-order valence-electron chi connectivity index (χ4n) is 0.575. The van der Waals surface area contributed by atoms with Gasteiger partial charge in [0.25, 0.3) is 0 Å². The molecule has 0 aliphatic carbocycles. The van der Waals surface area contributed by atoms with Gasteiger partial charge in [-0.15, -0.1) is 24.8 Å². The van der Waals surface area contributed by atoms with Crippen molar-refractivity contribution in [3.63, 3.8) is 0 Å². The van der Waals surface area contributed by atoms with Crippen molar-refractivity contribution in [1.29, 1.82) is 0 Å². The number of hydrogen-bond acceptors (Lipinski definition) is 2. The maximum atomic E-state index is 10.1. The first-order valence-electron chi connectivity index (χ1n) is 3.13. The molecule has 0 aromatic heterocycles. The summed E-state index contributed by atoms with van der Waals surface area (Å²) in [7, 11) is 0. The normalized spacial score (nSPS) is 7.67. The molecule has 12 heavy (non-hydrogen) atoms. The Kier molecular flexibility index (Phi) is 15.4. The maximum absolute atomic E-state index is 10.1. The second-order valence-electron chi connectivity index (χ2n) is 2.07. The van der Waals surface area contributed by atoms with Gasteiger partial charge in [0.05, 0.1) is 0 Å². The summed E-state index contributed by atoms with van der Waals surface area (Å²) in [6, 6.07) is 0. The Balaban J connectivity index is -0.000000405. The number of aliphatic carboxylic acids is 1. The molecule has 0 aliphatic rings. The van der Waals surface area contributed by atoms with Crippen LogP contribution in [0.3, 0.4) is 0 Å². The second-order valence-corrected chi connectivity index (χ2v) is 2.07. The molecule has 4 nitrogen and oxygen atoms in total. The van der Waals surface area contributed by atoms with E-state index in [1.807, 2.05) is 0 Å². The van der Waals surface area contributed by atoms with Gasteiger partial charge in [-0.2, -0.15) is 0 Å². The summed E-state index contributed by atoms with van der Waals surface area (Å²) in [6.45, 7) is 0. The predicted octanol–water partition coefficient (Wildman–Crippen LogP) is 0.960. The minimum atomic E-state index is -0.829. The number of halogens is 2. The first-order chi connectivity index (χ1) is 4.63. The highest BCUT2D eigenvalue weighted by atomic mass is 35.5. The Morgan fingerprint density at radius 3 is 1.83 bits per heavy atom. The van der Waals surface area contributed by atoms with E-state index in [1.165, 1.54) is 0 Å². The van der Waals surface area contributed by atoms with Crippen molar-refractivity contribution in [2.24, 2.45) is 5.73 Å². The highest BCUT2D eigenvalue weighted by Crippen LogP contribution is 1.97. The van der Waals surface area contributed by atoms with Gasteiger partial charge in [0.15, 0.2) is 0 Å². The number of unbranched alkanes of at least 4 members (excludes halogenated alkanes) is 1. The second kappa shape index (κ2) is 10.5. The summed E-state index contributed by atoms with van der Waals surface area (Å²) in [4.78, 5) is 20.0. The summed E-state index contributed by atoms with van der Waals surface area (Å²) in [5.74, 6) is -1.20. The Hall–Kier alpha value is -0.480. The van der Waals surface area contributed by atoms with E-state index in [2.05, 4.69) is 0 Å². The Bertz CT molecular complexity index is 125. The molecule has 6 heteroatoms. The minimum Gasteiger partial charge on any atom is -0.481 e. The zero-order valence-electron chi connectivity index (χ0n) is 6.49. The zero-order valence-corrected chi connectivity index (χ0v) is 8.12. The van der Waals surface area contributed by atoms with Gasteiger partial charge in [-0.1, -0.05) is 0 Å². The molecule has 0 aliphatic heterocycles. The molecule has 0 radical (unpaired) electrons. The molecule has 0 aromatic rings. The minimum absolute atomic E-state index is 0. The number of carbonyl (C=O) groups excluding carboxylic acids is 1. The number of carboxylic acid groups (broad SMARTS) is 1. The largest absolute Gasteiger partial charge is 0.481 e. The first kappa shape index (κ1) is 17.6. The monoisotopic (exact) mass is 217 g/mol. The highest BCUT2D eigenvalue weighted by molar-refractivity contribution is 5.85. The smallest absolute Gasteiger partial charge is 0.303 e. The molecular weight excluding hydrogens is 205 g/mol. The van der Waals surface area contributed by atoms with Crippen molar-refractivity contribution in [3.05, 3.63) is 0 Å². The van der Waals surface area contributed by atoms with Crippen molar-refractivity contribution < 1.29 is 14.7 Å². The van der Waals surface area contributed by atoms with Gasteiger partial charge in [-0.25, -0.2) is 0 Å². The lowest BCUT2D eigenvalue weighted by atomic mass is 10.2. The summed E-state index contributed by atoms with van der Waals surface area (Å²) < 4.78 is 0. The molecule has 0 rings (SSSR count). The van der Waals surface area contributed by atoms with Gasteiger partial charge in [-0.3, -0.25) is 9.59 Å². The third kappa shape index (κ3) is 16.3. The number of hydrogen-bond donors (Lipinski definition) is 2. The van der Waals surface area contributed by atoms with E-state index in [-0.39, 0.29) is 43.6 Å². The lowest BCUT2D eigenvalue weighted by Gasteiger charge is -1.92. The van der Waals surface area contributed by atoms with Crippen molar-refractivity contribution in [3.8, 4) is 0 Å². The van der Waals surface area contributed by atoms with Crippen LogP contribution >= 0.6 is 24.8 Å². The van der Waals surface area contributed by atoms with Crippen LogP contribution in [0.1, 0.15) is 25.7 Å². The topological polar surface area (TPSA) is 80.4 Å². The van der Waals surface area contributed by atoms with E-state index in [4.69, 9.17) is 10.8 Å². The molecule has 0 atom stereocenters. The number of carbonyl (C=O) groups is 2. The Morgan fingerprint density at radius 1 is 1.08 bits per heavy atom. The number of primary amides is 1. The number of nitrogens with two attached hydrogens (primary N) is 1. The SMILES string of the molecule is Cl.Cl.NC(=O)CCCCC(=O)O. The van der Waals surface area contributed by atoms with E-state index in [9.17, 15) is 9.59 Å². The quantitative estimate of drug-likeness (QED) is 0.674. The molecule has 0 unspecified atom stereocenters. The van der Waals surface area contributed by atoms with Gasteiger partial charge in [0, 0.05) is 12.8 Å². The van der Waals surface area contributed by atoms with E-state index < -0.39 is 5.97 Å². The van der Waals surface area contributed by atoms with Crippen molar-refractivity contribution in [2.45, 2.75) is 25.7 Å². The van der Waals surface area contributed by atoms with Gasteiger partial charge < -0.3 is 10.8 Å². The van der Waals surface area contributed by atoms with Gasteiger partial charge in [0.2, 0.25) is 5.91 Å². The van der Waals surface area contributed by atoms with Crippen LogP contribution in [0.25, 0.3) is 0 Å². The van der Waals surface area contributed by atoms with Crippen molar-refractivity contribution in [2.75, 3.05) is 0 Å². The fraction of sp³-hybridized carbons (Fsp3) is 0.667. The summed E-state index contributed by atoms with van der Waals surface area (Å²) in [5.41, 5.74) is 4.82. The van der Waals surface area contributed by atoms with Crippen molar-refractivity contribution >= 4 is 36.7 Å². The van der Waals surface area contributed by atoms with Crippen LogP contribution in [0.2, 0.25) is 0 Å². The predicted molar refractivity (Wildman–Crippen MR) is 49.8 cm³/mol. The van der Waals surface area contributed by atoms with Crippen LogP contribution in [-0.4, -0.2) is 17.0 Å². The zero-order chi connectivity index (χ0) is 7.98. The fourth-order valence-corrected chi connectivity index (χ4v) is 0.575. The average molecular weight is 218 g/mol. The van der Waals surface area contributed by atoms with Gasteiger partial charge in [-0.05, 0) is 12.8 Å². The standard InChI is InChI=1S/C6H11NO3.2ClH/c7-5(8)3-1-2-4-6(9)10;;/h1-4H2,(H2,7,8)(H,9,10);2*1H. The maximum Gasteiger partial charge on any atom is 0.303 e. The van der Waals surface area contributed by atoms with Gasteiger partial charge in [0.1, 0.15) is 0 Å². The van der Waals surface area contributed by atoms with Crippen LogP contribution in [0, 0.1) is 0 Å². The molecule has 3 N–H and O–H groups in total. The third-order valence-corrected chi connectivity index (χ3v) is 1.06. The molecule has 0 aromatic carbocycles. The molecule has 0 saturated heterocycles. The number of rotatable bonds is 5. The molecule has 1 amide bonds. The van der Waals surface area contributed by atoms with E-state index >= 15 is 0 Å². The molecule has 0 saturated carbocycles. The molecule has 74 valence electrons. The molecule has 0 fully saturated rings. The van der Waals surface area contributed by atoms with Gasteiger partial charge >= 0.3 is 5.97 Å². The third-order valence-electron chi connectivity index (χ3n) is 1.06. The summed E-state index contributed by atoms with van der Waals surface area (Å²) >= 11 is 0. The molecule has 0 spiro atoms. The van der Waals surface area contributed by atoms with E-state index in [0.717, 1.165) is 0 Å². The Labute approximate surface area is 83.3 Å². The van der Waals surface area contributed by atoms with Crippen LogP contribution in [0.4, 0.5) is 0 Å². The van der Waals surface area contributed by atoms with Crippen LogP contribution in [0.5, 0.6) is 0 Å². The van der Waals surface area contributed by atoms with Crippen molar-refractivity contribution in [1.82, 2.24) is 0 Å². The van der Waals surface area contributed by atoms with E-state index in [0.29, 0.717) is 12.8 Å². The van der Waals surface area contributed by atoms with Crippen LogP contribution in [0.15, 0.2) is 0 Å². The summed E-state index contributed by atoms with van der Waals surface area (Å²) in [5, 5.41) is 8.16. The highest BCUT2D eigenvalue weighted by Gasteiger charge is 1.97. The van der Waals surface area contributed by atoms with Crippen LogP contribution in [-0.2, 0) is 9.59 Å². The average Bonchev–Trinajstić information content (AvgIpc) is 1.79. The van der Waals surface area contributed by atoms with E-state index in [1.54, 1.807) is 0 Å². The number of amides is 1. The first-order valence-corrected chi connectivity index (χ1v) is 3.13. The molecule has 0 bridgehead atoms. The lowest BCUT2D eigenvalue weighted by molar-refractivity contribution is -0.137. The summed E-state index contributed by atoms with van der Waals surface area (Å²) in [6.07, 6.45) is 1.50. The number of carboxylic acids is 1. The lowest BCUT2D eigenvalue weighted by Crippen LogP contribution is -2.09.